The molecule has 134 valence electrons. The Labute approximate surface area is 150 Å². The van der Waals surface area contributed by atoms with Crippen molar-refractivity contribution < 1.29 is 8.42 Å². The van der Waals surface area contributed by atoms with Gasteiger partial charge in [-0.3, -0.25) is 0 Å². The van der Waals surface area contributed by atoms with Gasteiger partial charge in [0.15, 0.2) is 11.6 Å². The number of aryl methyl sites for hydroxylation is 1. The van der Waals surface area contributed by atoms with Crippen molar-refractivity contribution in [1.29, 1.82) is 0 Å². The predicted molar refractivity (Wildman–Crippen MR) is 94.9 cm³/mol. The van der Waals surface area contributed by atoms with Crippen LogP contribution in [-0.4, -0.2) is 39.2 Å². The summed E-state index contributed by atoms with van der Waals surface area (Å²) in [5, 5.41) is 4.02. The molecule has 2 heterocycles. The molecule has 2 aromatic heterocycles. The first kappa shape index (κ1) is 16.6. The molecular weight excluding hydrogens is 354 g/mol. The predicted octanol–water partition coefficient (Wildman–Crippen LogP) is 1.06. The highest BCUT2D eigenvalue weighted by Gasteiger charge is 2.28. The molecule has 0 radical (unpaired) electrons. The lowest BCUT2D eigenvalue weighted by Gasteiger charge is -2.11. The lowest BCUT2D eigenvalue weighted by molar-refractivity contribution is 0.581. The number of rotatable bonds is 5. The summed E-state index contributed by atoms with van der Waals surface area (Å²) in [6, 6.07) is 4.99. The van der Waals surface area contributed by atoms with Crippen LogP contribution in [0, 0.1) is 6.92 Å². The van der Waals surface area contributed by atoms with E-state index in [0.717, 1.165) is 18.4 Å². The monoisotopic (exact) mass is 371 g/mol. The van der Waals surface area contributed by atoms with Crippen LogP contribution in [-0.2, 0) is 10.0 Å². The van der Waals surface area contributed by atoms with Crippen molar-refractivity contribution in [2.24, 2.45) is 0 Å². The van der Waals surface area contributed by atoms with E-state index in [9.17, 15) is 8.42 Å². The maximum absolute atomic E-state index is 12.5. The molecule has 1 saturated carbocycles. The molecule has 26 heavy (non-hydrogen) atoms. The summed E-state index contributed by atoms with van der Waals surface area (Å²) < 4.78 is 29.1. The number of benzene rings is 1. The SMILES string of the molecule is Cc1ccc(S(=O)(=O)NC2CC2)cc1-c1cnc(N)c(-n2cncn2)n1. The van der Waals surface area contributed by atoms with Gasteiger partial charge < -0.3 is 5.73 Å². The molecule has 0 spiro atoms. The molecule has 1 aromatic carbocycles. The maximum Gasteiger partial charge on any atom is 0.240 e. The highest BCUT2D eigenvalue weighted by molar-refractivity contribution is 7.89. The Hall–Kier alpha value is -2.85. The minimum Gasteiger partial charge on any atom is -0.381 e. The zero-order valence-corrected chi connectivity index (χ0v) is 14.8. The fourth-order valence-electron chi connectivity index (χ4n) is 2.54. The second-order valence-electron chi connectivity index (χ2n) is 6.18. The van der Waals surface area contributed by atoms with E-state index < -0.39 is 10.0 Å². The standard InChI is InChI=1S/C16H17N7O2S/c1-10-2-5-12(26(24,25)22-11-3-4-11)6-13(10)14-7-19-15(17)16(21-14)23-9-18-8-20-23/h2,5-9,11,22H,3-4H2,1H3,(H2,17,19). The number of aromatic nitrogens is 5. The average molecular weight is 371 g/mol. The first-order valence-corrected chi connectivity index (χ1v) is 9.53. The first-order chi connectivity index (χ1) is 12.4. The number of anilines is 1. The third-order valence-electron chi connectivity index (χ3n) is 4.11. The van der Waals surface area contributed by atoms with Crippen LogP contribution in [0.1, 0.15) is 18.4 Å². The van der Waals surface area contributed by atoms with Crippen molar-refractivity contribution in [3.63, 3.8) is 0 Å². The van der Waals surface area contributed by atoms with E-state index in [-0.39, 0.29) is 16.8 Å². The molecule has 0 atom stereocenters. The molecule has 3 aromatic rings. The second-order valence-corrected chi connectivity index (χ2v) is 7.89. The molecule has 0 saturated heterocycles. The molecule has 4 rings (SSSR count). The summed E-state index contributed by atoms with van der Waals surface area (Å²) in [6.07, 6.45) is 6.11. The third kappa shape index (κ3) is 3.16. The first-order valence-electron chi connectivity index (χ1n) is 8.05. The van der Waals surface area contributed by atoms with Crippen LogP contribution in [0.25, 0.3) is 17.1 Å². The lowest BCUT2D eigenvalue weighted by atomic mass is 10.1. The van der Waals surface area contributed by atoms with Crippen LogP contribution in [0.5, 0.6) is 0 Å². The smallest absolute Gasteiger partial charge is 0.240 e. The Bertz CT molecular complexity index is 1060. The fraction of sp³-hybridized carbons (Fsp3) is 0.250. The van der Waals surface area contributed by atoms with Gasteiger partial charge in [0.1, 0.15) is 12.7 Å². The second kappa shape index (κ2) is 6.15. The minimum absolute atomic E-state index is 0.0417. The van der Waals surface area contributed by atoms with Gasteiger partial charge in [-0.15, -0.1) is 0 Å². The lowest BCUT2D eigenvalue weighted by Crippen LogP contribution is -2.25. The maximum atomic E-state index is 12.5. The van der Waals surface area contributed by atoms with Crippen LogP contribution < -0.4 is 10.5 Å². The molecule has 1 aliphatic carbocycles. The minimum atomic E-state index is -3.56. The summed E-state index contributed by atoms with van der Waals surface area (Å²) >= 11 is 0. The van der Waals surface area contributed by atoms with E-state index in [1.54, 1.807) is 18.2 Å². The van der Waals surface area contributed by atoms with Crippen molar-refractivity contribution in [2.45, 2.75) is 30.7 Å². The van der Waals surface area contributed by atoms with Crippen LogP contribution in [0.4, 0.5) is 5.82 Å². The Kier molecular flexibility index (Phi) is 3.93. The van der Waals surface area contributed by atoms with Crippen molar-refractivity contribution >= 4 is 15.8 Å². The van der Waals surface area contributed by atoms with Crippen molar-refractivity contribution in [1.82, 2.24) is 29.5 Å². The molecule has 0 aliphatic heterocycles. The topological polar surface area (TPSA) is 129 Å². The summed E-state index contributed by atoms with van der Waals surface area (Å²) in [6.45, 7) is 1.88. The zero-order chi connectivity index (χ0) is 18.3. The van der Waals surface area contributed by atoms with Gasteiger partial charge in [0.2, 0.25) is 10.0 Å². The van der Waals surface area contributed by atoms with Gasteiger partial charge in [-0.1, -0.05) is 6.07 Å². The average Bonchev–Trinajstić information content (AvgIpc) is 3.23. The number of sulfonamides is 1. The summed E-state index contributed by atoms with van der Waals surface area (Å²) in [7, 11) is -3.56. The largest absolute Gasteiger partial charge is 0.381 e. The van der Waals surface area contributed by atoms with Crippen LogP contribution in [0.15, 0.2) is 41.9 Å². The number of hydrogen-bond acceptors (Lipinski definition) is 7. The molecular formula is C16H17N7O2S. The molecule has 9 nitrogen and oxygen atoms in total. The van der Waals surface area contributed by atoms with E-state index in [4.69, 9.17) is 5.73 Å². The molecule has 10 heteroatoms. The molecule has 0 amide bonds. The van der Waals surface area contributed by atoms with Gasteiger partial charge in [0, 0.05) is 11.6 Å². The van der Waals surface area contributed by atoms with Gasteiger partial charge in [0.25, 0.3) is 0 Å². The van der Waals surface area contributed by atoms with Crippen LogP contribution >= 0.6 is 0 Å². The number of hydrogen-bond donors (Lipinski definition) is 2. The van der Waals surface area contributed by atoms with Gasteiger partial charge in [0.05, 0.1) is 16.8 Å². The molecule has 1 fully saturated rings. The summed E-state index contributed by atoms with van der Waals surface area (Å²) in [5.41, 5.74) is 7.93. The van der Waals surface area contributed by atoms with Gasteiger partial charge >= 0.3 is 0 Å². The van der Waals surface area contributed by atoms with Gasteiger partial charge in [-0.05, 0) is 37.5 Å². The Morgan fingerprint density at radius 1 is 1.31 bits per heavy atom. The third-order valence-corrected chi connectivity index (χ3v) is 5.63. The molecule has 3 N–H and O–H groups in total. The van der Waals surface area contributed by atoms with E-state index in [0.29, 0.717) is 17.1 Å². The molecule has 1 aliphatic rings. The van der Waals surface area contributed by atoms with Gasteiger partial charge in [-0.25, -0.2) is 28.1 Å². The normalized spacial score (nSPS) is 14.5. The van der Waals surface area contributed by atoms with Crippen molar-refractivity contribution in [2.75, 3.05) is 5.73 Å². The van der Waals surface area contributed by atoms with Crippen LogP contribution in [0.3, 0.4) is 0 Å². The Balaban J connectivity index is 1.78. The number of nitrogen functional groups attached to an aromatic ring is 1. The van der Waals surface area contributed by atoms with E-state index in [1.807, 2.05) is 6.92 Å². The van der Waals surface area contributed by atoms with Crippen LogP contribution in [0.2, 0.25) is 0 Å². The van der Waals surface area contributed by atoms with Crippen molar-refractivity contribution in [3.05, 3.63) is 42.6 Å². The molecule has 0 unspecified atom stereocenters. The highest BCUT2D eigenvalue weighted by atomic mass is 32.2. The quantitative estimate of drug-likeness (QED) is 0.686. The van der Waals surface area contributed by atoms with E-state index in [1.165, 1.54) is 23.5 Å². The zero-order valence-electron chi connectivity index (χ0n) is 14.0. The van der Waals surface area contributed by atoms with Gasteiger partial charge in [-0.2, -0.15) is 9.78 Å². The highest BCUT2D eigenvalue weighted by Crippen LogP contribution is 2.28. The number of nitrogens with two attached hydrogens (primary N) is 1. The Morgan fingerprint density at radius 3 is 2.81 bits per heavy atom. The number of nitrogens with one attached hydrogen (secondary N) is 1. The summed E-state index contributed by atoms with van der Waals surface area (Å²) in [5.74, 6) is 0.542. The molecule has 0 bridgehead atoms. The fourth-order valence-corrected chi connectivity index (χ4v) is 3.87. The Morgan fingerprint density at radius 2 is 2.12 bits per heavy atom. The van der Waals surface area contributed by atoms with Crippen molar-refractivity contribution in [3.8, 4) is 17.1 Å². The summed E-state index contributed by atoms with van der Waals surface area (Å²) in [4.78, 5) is 12.7. The van der Waals surface area contributed by atoms with E-state index >= 15 is 0 Å². The number of nitrogens with zero attached hydrogens (tertiary/aromatic N) is 5. The van der Waals surface area contributed by atoms with E-state index in [2.05, 4.69) is 24.8 Å².